The second-order valence-corrected chi connectivity index (χ2v) is 13.4. The fraction of sp³-hybridized carbons (Fsp3) is 0.735. The maximum Gasteiger partial charge on any atom is 0.406 e. The molecule has 1 aromatic rings. The summed E-state index contributed by atoms with van der Waals surface area (Å²) >= 11 is 6.33. The molecule has 4 N–H and O–H groups in total. The summed E-state index contributed by atoms with van der Waals surface area (Å²) in [7, 11) is 1.31. The smallest absolute Gasteiger partial charge is 0.406 e. The summed E-state index contributed by atoms with van der Waals surface area (Å²) in [5, 5.41) is 20.6. The van der Waals surface area contributed by atoms with E-state index in [-0.39, 0.29) is 43.5 Å². The molecule has 2 saturated heterocycles. The lowest BCUT2D eigenvalue weighted by Crippen LogP contribution is -2.53. The number of carbonyl (C=O) groups excluding carboxylic acids is 3. The Labute approximate surface area is 284 Å². The Morgan fingerprint density at radius 1 is 1.04 bits per heavy atom. The Kier molecular flexibility index (Phi) is 15.8. The van der Waals surface area contributed by atoms with E-state index in [9.17, 15) is 19.5 Å². The summed E-state index contributed by atoms with van der Waals surface area (Å²) in [6, 6.07) is 6.76. The Balaban J connectivity index is 1.36. The Morgan fingerprint density at radius 3 is 2.57 bits per heavy atom. The van der Waals surface area contributed by atoms with Crippen molar-refractivity contribution in [3.8, 4) is 0 Å². The van der Waals surface area contributed by atoms with E-state index < -0.39 is 18.2 Å². The zero-order chi connectivity index (χ0) is 33.4. The maximum atomic E-state index is 13.8. The molecule has 4 rings (SSSR count). The van der Waals surface area contributed by atoms with E-state index in [1.54, 1.807) is 4.90 Å². The highest BCUT2D eigenvalue weighted by molar-refractivity contribution is 6.30. The van der Waals surface area contributed by atoms with Crippen LogP contribution in [0.5, 0.6) is 0 Å². The summed E-state index contributed by atoms with van der Waals surface area (Å²) in [6.07, 6.45) is 6.03. The highest BCUT2D eigenvalue weighted by Crippen LogP contribution is 2.34. The van der Waals surface area contributed by atoms with E-state index in [2.05, 4.69) is 25.6 Å². The number of hydrogen-bond acceptors (Lipinski definition) is 8. The number of nitrogens with zero attached hydrogens (tertiary/aromatic N) is 2. The van der Waals surface area contributed by atoms with E-state index in [1.807, 2.05) is 24.3 Å². The van der Waals surface area contributed by atoms with Crippen LogP contribution in [0.2, 0.25) is 5.02 Å². The third-order valence-corrected chi connectivity index (χ3v) is 9.77. The van der Waals surface area contributed by atoms with Gasteiger partial charge in [-0.05, 0) is 42.9 Å². The number of aliphatic hydroxyl groups is 1. The minimum absolute atomic E-state index is 0.00921. The number of methoxy groups -OCH3 is 1. The number of benzene rings is 1. The van der Waals surface area contributed by atoms with Gasteiger partial charge in [-0.3, -0.25) is 9.69 Å². The van der Waals surface area contributed by atoms with Crippen LogP contribution in [0.4, 0.5) is 9.59 Å². The number of nitrogens with one attached hydrogen (secondary N) is 3. The lowest BCUT2D eigenvalue weighted by atomic mass is 9.83. The number of ether oxygens (including phenoxy) is 3. The zero-order valence-corrected chi connectivity index (χ0v) is 28.6. The SMILES string of the molecule is COC(=O)NCCOC(c1cccc(Cl)c1)C1CCCN(C(=O)NC(CC2CCCCC2)C(O)CC(=O)NCCN2CCOCC2)C1. The minimum atomic E-state index is -0.991. The van der Waals surface area contributed by atoms with E-state index in [1.165, 1.54) is 13.5 Å². The third-order valence-electron chi connectivity index (χ3n) is 9.54. The van der Waals surface area contributed by atoms with Crippen molar-refractivity contribution in [2.75, 3.05) is 72.7 Å². The van der Waals surface area contributed by atoms with E-state index >= 15 is 0 Å². The molecule has 1 aromatic carbocycles. The molecule has 12 nitrogen and oxygen atoms in total. The molecule has 1 aliphatic carbocycles. The minimum Gasteiger partial charge on any atom is -0.453 e. The lowest BCUT2D eigenvalue weighted by molar-refractivity contribution is -0.123. The molecule has 4 atom stereocenters. The van der Waals surface area contributed by atoms with Gasteiger partial charge in [0.2, 0.25) is 5.91 Å². The molecule has 0 spiro atoms. The van der Waals surface area contributed by atoms with E-state index in [0.717, 1.165) is 63.7 Å². The van der Waals surface area contributed by atoms with Gasteiger partial charge < -0.3 is 40.2 Å². The van der Waals surface area contributed by atoms with Gasteiger partial charge >= 0.3 is 12.1 Å². The second kappa shape index (κ2) is 20.0. The van der Waals surface area contributed by atoms with Crippen LogP contribution in [0.25, 0.3) is 0 Å². The van der Waals surface area contributed by atoms with Gasteiger partial charge in [0.05, 0.1) is 51.6 Å². The maximum absolute atomic E-state index is 13.8. The second-order valence-electron chi connectivity index (χ2n) is 13.0. The molecular weight excluding hydrogens is 626 g/mol. The van der Waals surface area contributed by atoms with Crippen LogP contribution in [0.1, 0.15) is 69.5 Å². The predicted octanol–water partition coefficient (Wildman–Crippen LogP) is 3.71. The first-order valence-electron chi connectivity index (χ1n) is 17.3. The number of hydrogen-bond donors (Lipinski definition) is 4. The number of piperidine rings is 1. The number of likely N-dealkylation sites (tertiary alicyclic amines) is 1. The monoisotopic (exact) mass is 679 g/mol. The Morgan fingerprint density at radius 2 is 1.83 bits per heavy atom. The number of aliphatic hydroxyl groups excluding tert-OH is 1. The van der Waals surface area contributed by atoms with Gasteiger partial charge in [-0.25, -0.2) is 9.59 Å². The van der Waals surface area contributed by atoms with Crippen LogP contribution in [-0.4, -0.2) is 118 Å². The molecule has 0 radical (unpaired) electrons. The number of carbonyl (C=O) groups is 3. The molecule has 3 aliphatic rings. The van der Waals surface area contributed by atoms with Crippen LogP contribution >= 0.6 is 11.6 Å². The quantitative estimate of drug-likeness (QED) is 0.206. The van der Waals surface area contributed by atoms with Gasteiger partial charge in [-0.2, -0.15) is 0 Å². The number of morpholine rings is 1. The predicted molar refractivity (Wildman–Crippen MR) is 179 cm³/mol. The summed E-state index contributed by atoms with van der Waals surface area (Å²) in [4.78, 5) is 42.2. The standard InChI is InChI=1S/C34H54ClN5O7/c1-45-34(44)37-13-18-47-32(26-9-5-11-28(35)22-26)27-10-6-14-40(24-27)33(43)38-29(21-25-7-3-2-4-8-25)30(41)23-31(42)36-12-15-39-16-19-46-20-17-39/h5,9,11,22,25,27,29-30,32,41H,2-4,6-8,10,12-21,23-24H2,1H3,(H,36,42)(H,37,44)(H,38,43). The molecular formula is C34H54ClN5O7. The molecule has 0 aromatic heterocycles. The van der Waals surface area contributed by atoms with E-state index in [0.29, 0.717) is 50.2 Å². The molecule has 2 heterocycles. The van der Waals surface area contributed by atoms with Crippen molar-refractivity contribution in [2.24, 2.45) is 11.8 Å². The van der Waals surface area contributed by atoms with Gasteiger partial charge in [0.25, 0.3) is 0 Å². The van der Waals surface area contributed by atoms with E-state index in [4.69, 9.17) is 21.1 Å². The first-order chi connectivity index (χ1) is 22.8. The molecule has 1 saturated carbocycles. The summed E-state index contributed by atoms with van der Waals surface area (Å²) in [6.45, 7) is 5.95. The molecule has 0 bridgehead atoms. The zero-order valence-electron chi connectivity index (χ0n) is 27.8. The molecule has 264 valence electrons. The summed E-state index contributed by atoms with van der Waals surface area (Å²) in [5.74, 6) is 0.182. The fourth-order valence-corrected chi connectivity index (χ4v) is 7.17. The van der Waals surface area contributed by atoms with Gasteiger partial charge in [0.1, 0.15) is 0 Å². The van der Waals surface area contributed by atoms with Crippen molar-refractivity contribution < 1.29 is 33.7 Å². The van der Waals surface area contributed by atoms with Crippen molar-refractivity contribution in [3.05, 3.63) is 34.9 Å². The number of alkyl carbamates (subject to hydrolysis) is 1. The largest absolute Gasteiger partial charge is 0.453 e. The summed E-state index contributed by atoms with van der Waals surface area (Å²) in [5.41, 5.74) is 0.910. The van der Waals surface area contributed by atoms with Gasteiger partial charge in [0.15, 0.2) is 0 Å². The van der Waals surface area contributed by atoms with Crippen LogP contribution in [0.15, 0.2) is 24.3 Å². The average molecular weight is 680 g/mol. The third kappa shape index (κ3) is 12.7. The van der Waals surface area contributed by atoms with Gasteiger partial charge in [-0.15, -0.1) is 0 Å². The normalized spacial score (nSPS) is 21.3. The molecule has 4 unspecified atom stereocenters. The van der Waals surface area contributed by atoms with Crippen molar-refractivity contribution >= 4 is 29.6 Å². The highest BCUT2D eigenvalue weighted by atomic mass is 35.5. The number of rotatable bonds is 15. The van der Waals surface area contributed by atoms with Gasteiger partial charge in [-0.1, -0.05) is 55.8 Å². The molecule has 2 aliphatic heterocycles. The Bertz CT molecular complexity index is 1120. The number of amides is 4. The topological polar surface area (TPSA) is 142 Å². The van der Waals surface area contributed by atoms with Crippen molar-refractivity contribution in [2.45, 2.75) is 76.0 Å². The van der Waals surface area contributed by atoms with Crippen LogP contribution < -0.4 is 16.0 Å². The highest BCUT2D eigenvalue weighted by Gasteiger charge is 2.34. The van der Waals surface area contributed by atoms with Crippen molar-refractivity contribution in [1.29, 1.82) is 0 Å². The van der Waals surface area contributed by atoms with Crippen molar-refractivity contribution in [1.82, 2.24) is 25.8 Å². The van der Waals surface area contributed by atoms with Crippen LogP contribution in [0, 0.1) is 11.8 Å². The fourth-order valence-electron chi connectivity index (χ4n) is 6.97. The average Bonchev–Trinajstić information content (AvgIpc) is 3.08. The first kappa shape index (κ1) is 37.2. The Hall–Kier alpha value is -2.64. The number of halogens is 1. The van der Waals surface area contributed by atoms with Crippen molar-refractivity contribution in [3.63, 3.8) is 0 Å². The first-order valence-corrected chi connectivity index (χ1v) is 17.7. The molecule has 4 amide bonds. The lowest BCUT2D eigenvalue weighted by Gasteiger charge is -2.38. The summed E-state index contributed by atoms with van der Waals surface area (Å²) < 4.78 is 16.3. The molecule has 47 heavy (non-hydrogen) atoms. The van der Waals surface area contributed by atoms with Crippen LogP contribution in [-0.2, 0) is 19.0 Å². The van der Waals surface area contributed by atoms with Crippen LogP contribution in [0.3, 0.4) is 0 Å². The van der Waals surface area contributed by atoms with Gasteiger partial charge in [0, 0.05) is 56.8 Å². The molecule has 3 fully saturated rings. The molecule has 13 heteroatoms. The number of urea groups is 1.